The van der Waals surface area contributed by atoms with Gasteiger partial charge >= 0.3 is 5.97 Å². The summed E-state index contributed by atoms with van der Waals surface area (Å²) < 4.78 is 0. The molecule has 0 aliphatic carbocycles. The van der Waals surface area contributed by atoms with Crippen molar-refractivity contribution in [1.29, 1.82) is 0 Å². The number of carbonyl (C=O) groups is 1. The smallest absolute Gasteiger partial charge is 0.328 e. The lowest BCUT2D eigenvalue weighted by atomic mass is 10.1. The lowest BCUT2D eigenvalue weighted by Crippen LogP contribution is -1.91. The summed E-state index contributed by atoms with van der Waals surface area (Å²) in [6, 6.07) is 13.2. The minimum absolute atomic E-state index is 0.676. The van der Waals surface area contributed by atoms with Gasteiger partial charge in [-0.25, -0.2) is 9.78 Å². The van der Waals surface area contributed by atoms with E-state index in [4.69, 9.17) is 16.7 Å². The van der Waals surface area contributed by atoms with Crippen molar-refractivity contribution in [3.63, 3.8) is 0 Å². The zero-order valence-corrected chi connectivity index (χ0v) is 12.3. The predicted molar refractivity (Wildman–Crippen MR) is 87.0 cm³/mol. The monoisotopic (exact) mass is 312 g/mol. The number of aromatic amines is 1. The minimum atomic E-state index is -0.954. The summed E-state index contributed by atoms with van der Waals surface area (Å²) in [5, 5.41) is 9.28. The van der Waals surface area contributed by atoms with Gasteiger partial charge in [-0.1, -0.05) is 35.9 Å². The maximum absolute atomic E-state index is 10.5. The Labute approximate surface area is 132 Å². The Kier molecular flexibility index (Phi) is 3.94. The number of nitrogens with zero attached hydrogens (tertiary/aromatic N) is 1. The average molecular weight is 313 g/mol. The molecule has 3 rings (SSSR count). The van der Waals surface area contributed by atoms with E-state index in [9.17, 15) is 4.79 Å². The van der Waals surface area contributed by atoms with Gasteiger partial charge in [-0.15, -0.1) is 0 Å². The highest BCUT2D eigenvalue weighted by atomic mass is 35.5. The van der Waals surface area contributed by atoms with Crippen molar-refractivity contribution in [2.24, 2.45) is 0 Å². The molecule has 1 heterocycles. The number of benzene rings is 2. The quantitative estimate of drug-likeness (QED) is 0.718. The first-order chi connectivity index (χ1) is 10.6. The third-order valence-electron chi connectivity index (χ3n) is 3.26. The van der Waals surface area contributed by atoms with E-state index in [1.165, 1.54) is 0 Å². The van der Waals surface area contributed by atoms with Gasteiger partial charge in [0.1, 0.15) is 5.82 Å². The van der Waals surface area contributed by atoms with E-state index in [1.54, 1.807) is 6.08 Å². The third-order valence-corrected chi connectivity index (χ3v) is 3.50. The van der Waals surface area contributed by atoms with Gasteiger partial charge in [-0.2, -0.15) is 0 Å². The molecule has 22 heavy (non-hydrogen) atoms. The fraction of sp³-hybridized carbons (Fsp3) is 0.0588. The summed E-state index contributed by atoms with van der Waals surface area (Å²) in [7, 11) is 0. The highest BCUT2D eigenvalue weighted by Gasteiger charge is 2.04. The summed E-state index contributed by atoms with van der Waals surface area (Å²) in [6.45, 7) is 0. The SMILES string of the molecule is O=C(O)C=Cc1ccc(Cc2nc3ccc(Cl)cc3[nH]2)cc1. The van der Waals surface area contributed by atoms with Crippen LogP contribution in [0.4, 0.5) is 0 Å². The minimum Gasteiger partial charge on any atom is -0.478 e. The molecule has 0 fully saturated rings. The van der Waals surface area contributed by atoms with Crippen molar-refractivity contribution >= 4 is 34.7 Å². The van der Waals surface area contributed by atoms with E-state index in [-0.39, 0.29) is 0 Å². The van der Waals surface area contributed by atoms with E-state index >= 15 is 0 Å². The van der Waals surface area contributed by atoms with Crippen LogP contribution in [0.2, 0.25) is 5.02 Å². The van der Waals surface area contributed by atoms with E-state index in [0.29, 0.717) is 11.4 Å². The first-order valence-corrected chi connectivity index (χ1v) is 7.12. The number of imidazole rings is 1. The van der Waals surface area contributed by atoms with Crippen LogP contribution in [0.1, 0.15) is 17.0 Å². The molecular formula is C17H13ClN2O2. The molecule has 2 aromatic carbocycles. The molecule has 0 aliphatic heterocycles. The number of carboxylic acids is 1. The molecule has 0 unspecified atom stereocenters. The molecule has 110 valence electrons. The van der Waals surface area contributed by atoms with Crippen molar-refractivity contribution in [3.05, 3.63) is 70.5 Å². The zero-order chi connectivity index (χ0) is 15.5. The molecule has 0 aliphatic rings. The Morgan fingerprint density at radius 2 is 2.00 bits per heavy atom. The van der Waals surface area contributed by atoms with E-state index in [2.05, 4.69) is 9.97 Å². The molecule has 0 amide bonds. The maximum atomic E-state index is 10.5. The molecule has 0 saturated heterocycles. The molecule has 5 heteroatoms. The second-order valence-electron chi connectivity index (χ2n) is 4.93. The normalized spacial score (nSPS) is 11.3. The summed E-state index contributed by atoms with van der Waals surface area (Å²) >= 11 is 5.96. The lowest BCUT2D eigenvalue weighted by Gasteiger charge is -1.99. The average Bonchev–Trinajstić information content (AvgIpc) is 2.87. The van der Waals surface area contributed by atoms with Crippen LogP contribution in [0.25, 0.3) is 17.1 Å². The largest absolute Gasteiger partial charge is 0.478 e. The zero-order valence-electron chi connectivity index (χ0n) is 11.6. The fourth-order valence-corrected chi connectivity index (χ4v) is 2.40. The molecule has 0 radical (unpaired) electrons. The molecule has 2 N–H and O–H groups in total. The van der Waals surface area contributed by atoms with Gasteiger partial charge in [0.2, 0.25) is 0 Å². The molecular weight excluding hydrogens is 300 g/mol. The van der Waals surface area contributed by atoms with E-state index < -0.39 is 5.97 Å². The van der Waals surface area contributed by atoms with Crippen molar-refractivity contribution in [1.82, 2.24) is 9.97 Å². The van der Waals surface area contributed by atoms with Crippen LogP contribution in [0, 0.1) is 0 Å². The fourth-order valence-electron chi connectivity index (χ4n) is 2.23. The van der Waals surface area contributed by atoms with Crippen LogP contribution in [-0.4, -0.2) is 21.0 Å². The second-order valence-corrected chi connectivity index (χ2v) is 5.37. The van der Waals surface area contributed by atoms with Gasteiger partial charge in [-0.05, 0) is 35.4 Å². The number of rotatable bonds is 4. The summed E-state index contributed by atoms with van der Waals surface area (Å²) in [5.74, 6) is -0.0869. The number of hydrogen-bond acceptors (Lipinski definition) is 2. The van der Waals surface area contributed by atoms with Crippen molar-refractivity contribution in [2.45, 2.75) is 6.42 Å². The highest BCUT2D eigenvalue weighted by molar-refractivity contribution is 6.31. The molecule has 3 aromatic rings. The highest BCUT2D eigenvalue weighted by Crippen LogP contribution is 2.18. The first kappa shape index (κ1) is 14.4. The van der Waals surface area contributed by atoms with E-state index in [0.717, 1.165) is 34.1 Å². The first-order valence-electron chi connectivity index (χ1n) is 6.74. The Bertz CT molecular complexity index is 851. The van der Waals surface area contributed by atoms with Gasteiger partial charge in [0.15, 0.2) is 0 Å². The standard InChI is InChI=1S/C17H13ClN2O2/c18-13-6-7-14-15(10-13)20-16(19-14)9-12-3-1-11(2-4-12)5-8-17(21)22/h1-8,10H,9H2,(H,19,20)(H,21,22). The number of aromatic nitrogens is 2. The number of fused-ring (bicyclic) bond motifs is 1. The molecule has 0 saturated carbocycles. The lowest BCUT2D eigenvalue weighted by molar-refractivity contribution is -0.131. The summed E-state index contributed by atoms with van der Waals surface area (Å²) in [4.78, 5) is 18.3. The number of hydrogen-bond donors (Lipinski definition) is 2. The third kappa shape index (κ3) is 3.35. The van der Waals surface area contributed by atoms with Crippen LogP contribution < -0.4 is 0 Å². The van der Waals surface area contributed by atoms with Gasteiger partial charge < -0.3 is 10.1 Å². The molecule has 1 aromatic heterocycles. The molecule has 0 bridgehead atoms. The van der Waals surface area contributed by atoms with E-state index in [1.807, 2.05) is 42.5 Å². The number of carboxylic acid groups (broad SMARTS) is 1. The van der Waals surface area contributed by atoms with Crippen molar-refractivity contribution in [2.75, 3.05) is 0 Å². The molecule has 0 atom stereocenters. The number of halogens is 1. The van der Waals surface area contributed by atoms with Crippen LogP contribution in [0.3, 0.4) is 0 Å². The Hall–Kier alpha value is -2.59. The van der Waals surface area contributed by atoms with Crippen molar-refractivity contribution in [3.8, 4) is 0 Å². The van der Waals surface area contributed by atoms with Gasteiger partial charge in [0, 0.05) is 17.5 Å². The summed E-state index contributed by atoms with van der Waals surface area (Å²) in [6.07, 6.45) is 3.36. The van der Waals surface area contributed by atoms with Crippen LogP contribution in [0.5, 0.6) is 0 Å². The summed E-state index contributed by atoms with van der Waals surface area (Å²) in [5.41, 5.74) is 3.75. The van der Waals surface area contributed by atoms with Gasteiger partial charge in [0.25, 0.3) is 0 Å². The Balaban J connectivity index is 1.78. The topological polar surface area (TPSA) is 66.0 Å². The van der Waals surface area contributed by atoms with Gasteiger partial charge in [0.05, 0.1) is 11.0 Å². The molecule has 4 nitrogen and oxygen atoms in total. The molecule has 0 spiro atoms. The number of aliphatic carboxylic acids is 1. The second kappa shape index (κ2) is 6.03. The predicted octanol–water partition coefficient (Wildman–Crippen LogP) is 3.90. The van der Waals surface area contributed by atoms with Gasteiger partial charge in [-0.3, -0.25) is 0 Å². The Morgan fingerprint density at radius 3 is 2.73 bits per heavy atom. The van der Waals surface area contributed by atoms with Crippen LogP contribution in [-0.2, 0) is 11.2 Å². The number of nitrogens with one attached hydrogen (secondary N) is 1. The Morgan fingerprint density at radius 1 is 1.23 bits per heavy atom. The van der Waals surface area contributed by atoms with Crippen LogP contribution in [0.15, 0.2) is 48.5 Å². The maximum Gasteiger partial charge on any atom is 0.328 e. The van der Waals surface area contributed by atoms with Crippen molar-refractivity contribution < 1.29 is 9.90 Å². The van der Waals surface area contributed by atoms with Crippen LogP contribution >= 0.6 is 11.6 Å². The number of H-pyrrole nitrogens is 1.